The standard InChI is InChI=1S/C58H51N11O19S4.2O3S/c1-4-16-87-39-20-33-6-8-36(23-43(33)55(25-39)91(79,80)81)59-60-37-9-14-45(54(24-37)88-17-5-18-89(73,74)75)61-63-48-28-53(86-3)51(22-34(48)30-70)66-64-49-29-52(85-2)50(21-35(49)31-71)65-62-47-13-7-32-19-38(10-11-41(32)58(47)72)69-67-46-15-12-42-44(57(46)68-69)26-40(90(76,77)78)27-56(42)92(82,83)84;2*1-4(2)3/h6-15,19-29,70-72H,4-5,16-18,30-31H2,1-3H3,(H,73,74,75)(H,76,77,78)(H,79,80,81)(H,82,83,84);;. The molecule has 0 bridgehead atoms. The number of azo groups is 4. The Labute approximate surface area is 568 Å². The highest BCUT2D eigenvalue weighted by Crippen LogP contribution is 2.44. The summed E-state index contributed by atoms with van der Waals surface area (Å²) in [6.45, 7) is 0.866. The summed E-state index contributed by atoms with van der Waals surface area (Å²) in [6, 6.07) is 29.8. The minimum Gasteiger partial charge on any atom is -0.505 e. The number of hydrogen-bond acceptors (Lipinski definition) is 31. The molecular weight excluding hydrogens is 1440 g/mol. The highest BCUT2D eigenvalue weighted by atomic mass is 32.2. The maximum absolute atomic E-state index is 12.4. The van der Waals surface area contributed by atoms with Crippen LogP contribution in [0, 0.1) is 0 Å². The van der Waals surface area contributed by atoms with E-state index in [0.717, 1.165) is 6.07 Å². The Kier molecular flexibility index (Phi) is 24.0. The van der Waals surface area contributed by atoms with Crippen LogP contribution in [0.15, 0.2) is 183 Å². The Hall–Kier alpha value is -10.6. The van der Waals surface area contributed by atoms with Crippen molar-refractivity contribution in [2.75, 3.05) is 33.2 Å². The van der Waals surface area contributed by atoms with E-state index < -0.39 is 90.4 Å². The third-order valence-corrected chi connectivity index (χ3v) is 17.2. The van der Waals surface area contributed by atoms with Gasteiger partial charge in [0.15, 0.2) is 5.75 Å². The molecule has 524 valence electrons. The lowest BCUT2D eigenvalue weighted by Gasteiger charge is -2.11. The van der Waals surface area contributed by atoms with Gasteiger partial charge in [0, 0.05) is 56.9 Å². The van der Waals surface area contributed by atoms with Crippen molar-refractivity contribution in [3.8, 4) is 34.4 Å². The zero-order valence-electron chi connectivity index (χ0n) is 51.4. The van der Waals surface area contributed by atoms with E-state index in [0.29, 0.717) is 40.9 Å². The summed E-state index contributed by atoms with van der Waals surface area (Å²) >= 11 is 0. The van der Waals surface area contributed by atoms with Crippen molar-refractivity contribution in [3.05, 3.63) is 139 Å². The van der Waals surface area contributed by atoms with Crippen molar-refractivity contribution in [3.63, 3.8) is 0 Å². The van der Waals surface area contributed by atoms with Crippen LogP contribution in [0.2, 0.25) is 0 Å². The topological polar surface area (TPSA) is 547 Å². The first-order chi connectivity index (χ1) is 47.2. The van der Waals surface area contributed by atoms with Gasteiger partial charge in [-0.15, -0.1) is 66.1 Å². The van der Waals surface area contributed by atoms with Crippen molar-refractivity contribution in [1.29, 1.82) is 0 Å². The van der Waals surface area contributed by atoms with Gasteiger partial charge in [0.2, 0.25) is 0 Å². The normalized spacial score (nSPS) is 12.2. The second-order valence-corrected chi connectivity index (χ2v) is 26.9. The highest BCUT2D eigenvalue weighted by Gasteiger charge is 2.24. The number of rotatable bonds is 24. The van der Waals surface area contributed by atoms with Crippen LogP contribution in [-0.2, 0) is 74.9 Å². The molecule has 0 atom stereocenters. The van der Waals surface area contributed by atoms with Gasteiger partial charge in [-0.2, -0.15) is 48.7 Å². The summed E-state index contributed by atoms with van der Waals surface area (Å²) in [6.07, 6.45) is 0.548. The maximum atomic E-state index is 12.4. The van der Waals surface area contributed by atoms with E-state index in [1.807, 2.05) is 6.92 Å². The molecule has 0 spiro atoms. The monoisotopic (exact) mass is 1490 g/mol. The van der Waals surface area contributed by atoms with E-state index in [9.17, 15) is 67.2 Å². The molecule has 0 fully saturated rings. The van der Waals surface area contributed by atoms with E-state index >= 15 is 0 Å². The molecule has 1 heterocycles. The average Bonchev–Trinajstić information content (AvgIpc) is 1.47. The highest BCUT2D eigenvalue weighted by molar-refractivity contribution is 7.87. The van der Waals surface area contributed by atoms with Gasteiger partial charge in [0.25, 0.3) is 40.5 Å². The summed E-state index contributed by atoms with van der Waals surface area (Å²) in [5.41, 5.74) is 2.06. The van der Waals surface area contributed by atoms with Gasteiger partial charge in [0.1, 0.15) is 66.6 Å². The van der Waals surface area contributed by atoms with E-state index in [4.69, 9.17) is 44.2 Å². The predicted molar refractivity (Wildman–Crippen MR) is 352 cm³/mol. The van der Waals surface area contributed by atoms with Crippen LogP contribution in [0.5, 0.6) is 28.7 Å². The van der Waals surface area contributed by atoms with Crippen molar-refractivity contribution >= 4 is 151 Å². The van der Waals surface area contributed by atoms with Crippen LogP contribution >= 0.6 is 0 Å². The number of phenols is 1. The minimum atomic E-state index is -4.96. The molecule has 10 rings (SSSR count). The minimum absolute atomic E-state index is 0.0314. The Balaban J connectivity index is 0.00000151. The SMILES string of the molecule is CCCOc1cc(S(=O)(=O)O)c2cc(N=Nc3ccc(N=Nc4cc(OC)c(N=Nc5cc(OC)c(N=Nc6ccc7cc(-n8nc9ccc%10c(S(=O)(=O)O)cc(S(=O)(=O)O)cc%10c9n8)ccc7c6O)cc5CO)cc4CO)c(OCCCS(=O)(=O)O)c3)ccc2c1.O=S(=O)=O.O=S(=O)=O. The van der Waals surface area contributed by atoms with E-state index in [1.54, 1.807) is 42.5 Å². The van der Waals surface area contributed by atoms with Crippen LogP contribution in [0.3, 0.4) is 0 Å². The molecule has 0 saturated heterocycles. The van der Waals surface area contributed by atoms with Crippen LogP contribution in [0.25, 0.3) is 49.0 Å². The molecule has 0 aliphatic carbocycles. The van der Waals surface area contributed by atoms with Gasteiger partial charge in [-0.25, -0.2) is 0 Å². The lowest BCUT2D eigenvalue weighted by Crippen LogP contribution is -2.08. The largest absolute Gasteiger partial charge is 0.505 e. The van der Waals surface area contributed by atoms with E-state index in [-0.39, 0.29) is 130 Å². The number of phenolic OH excluding ortho intramolecular Hbond substituents is 1. The van der Waals surface area contributed by atoms with Gasteiger partial charge in [-0.1, -0.05) is 25.1 Å². The predicted octanol–water partition coefficient (Wildman–Crippen LogP) is 10.4. The first kappa shape index (κ1) is 75.1. The summed E-state index contributed by atoms with van der Waals surface area (Å²) in [5.74, 6) is -0.329. The third kappa shape index (κ3) is 19.2. The van der Waals surface area contributed by atoms with Gasteiger partial charge in [0.05, 0.1) is 79.7 Å². The number of hydrogen-bond donors (Lipinski definition) is 7. The first-order valence-electron chi connectivity index (χ1n) is 28.0. The summed E-state index contributed by atoms with van der Waals surface area (Å²) in [4.78, 5) is -0.761. The molecule has 0 saturated carbocycles. The molecule has 9 aromatic carbocycles. The smallest absolute Gasteiger partial charge is 0.425 e. The molecular formula is C58H51N11O25S6. The number of aliphatic hydroxyl groups excluding tert-OH is 2. The Morgan fingerprint density at radius 1 is 0.470 bits per heavy atom. The molecule has 0 radical (unpaired) electrons. The number of aromatic hydroxyl groups is 1. The van der Waals surface area contributed by atoms with E-state index in [2.05, 4.69) is 51.1 Å². The second-order valence-electron chi connectivity index (χ2n) is 20.3. The van der Waals surface area contributed by atoms with Gasteiger partial charge in [-0.05, 0) is 109 Å². The number of nitrogens with zero attached hydrogens (tertiary/aromatic N) is 11. The summed E-state index contributed by atoms with van der Waals surface area (Å²) in [5, 5.41) is 77.1. The molecule has 7 N–H and O–H groups in total. The van der Waals surface area contributed by atoms with Crippen LogP contribution in [-0.4, -0.2) is 141 Å². The maximum Gasteiger partial charge on any atom is 0.425 e. The van der Waals surface area contributed by atoms with Crippen LogP contribution in [0.1, 0.15) is 30.9 Å². The van der Waals surface area contributed by atoms with Crippen molar-refractivity contribution in [2.45, 2.75) is 47.7 Å². The molecule has 36 nitrogen and oxygen atoms in total. The molecule has 0 unspecified atom stereocenters. The van der Waals surface area contributed by atoms with Crippen LogP contribution < -0.4 is 18.9 Å². The van der Waals surface area contributed by atoms with Gasteiger partial charge >= 0.3 is 21.2 Å². The quantitative estimate of drug-likeness (QED) is 0.0168. The fourth-order valence-corrected chi connectivity index (χ4v) is 11.9. The van der Waals surface area contributed by atoms with Crippen molar-refractivity contribution in [2.24, 2.45) is 40.9 Å². The number of fused-ring (bicyclic) bond motifs is 5. The third-order valence-electron chi connectivity index (χ3n) is 13.7. The lowest BCUT2D eigenvalue weighted by atomic mass is 10.1. The zero-order valence-corrected chi connectivity index (χ0v) is 56.3. The number of benzene rings is 9. The van der Waals surface area contributed by atoms with Gasteiger partial charge < -0.3 is 34.3 Å². The zero-order chi connectivity index (χ0) is 73.0. The first-order valence-corrected chi connectivity index (χ1v) is 35.9. The number of aromatic nitrogens is 3. The van der Waals surface area contributed by atoms with Crippen molar-refractivity contribution < 1.29 is 111 Å². The summed E-state index contributed by atoms with van der Waals surface area (Å²) < 4.78 is 209. The molecule has 10 aromatic rings. The average molecular weight is 1490 g/mol. The number of methoxy groups -OCH3 is 2. The molecule has 1 aromatic heterocycles. The molecule has 0 aliphatic rings. The Morgan fingerprint density at radius 3 is 1.55 bits per heavy atom. The molecule has 0 aliphatic heterocycles. The second kappa shape index (κ2) is 31.9. The molecule has 0 amide bonds. The molecule has 42 heteroatoms. The Morgan fingerprint density at radius 2 is 0.990 bits per heavy atom. The fraction of sp³-hybridized carbons (Fsp3) is 0.172. The summed E-state index contributed by atoms with van der Waals surface area (Å²) in [7, 11) is -22.4. The fourth-order valence-electron chi connectivity index (χ4n) is 9.34. The number of ether oxygens (including phenoxy) is 4. The number of aliphatic hydroxyl groups is 2. The molecule has 100 heavy (non-hydrogen) atoms. The Bertz CT molecular complexity index is 5690. The van der Waals surface area contributed by atoms with Crippen LogP contribution in [0.4, 0.5) is 45.5 Å². The van der Waals surface area contributed by atoms with Gasteiger partial charge in [-0.3, -0.25) is 18.2 Å². The van der Waals surface area contributed by atoms with E-state index in [1.165, 1.54) is 91.8 Å². The lowest BCUT2D eigenvalue weighted by molar-refractivity contribution is 0.282. The van der Waals surface area contributed by atoms with Crippen molar-refractivity contribution in [1.82, 2.24) is 15.0 Å².